The fourth-order valence-corrected chi connectivity index (χ4v) is 4.93. The van der Waals surface area contributed by atoms with Crippen molar-refractivity contribution in [3.63, 3.8) is 0 Å². The van der Waals surface area contributed by atoms with Crippen molar-refractivity contribution in [2.24, 2.45) is 5.92 Å². The zero-order valence-electron chi connectivity index (χ0n) is 13.2. The summed E-state index contributed by atoms with van der Waals surface area (Å²) in [5, 5.41) is 3.27. The molecule has 2 fully saturated rings. The highest BCUT2D eigenvalue weighted by Gasteiger charge is 2.28. The van der Waals surface area contributed by atoms with Crippen molar-refractivity contribution in [3.05, 3.63) is 11.8 Å². The van der Waals surface area contributed by atoms with Crippen LogP contribution >= 0.6 is 0 Å². The molecule has 2 aliphatic rings. The normalized spacial score (nSPS) is 27.8. The maximum Gasteiger partial charge on any atom is 0.227 e. The Kier molecular flexibility index (Phi) is 4.25. The Hall–Kier alpha value is -1.37. The molecule has 1 N–H and O–H groups in total. The van der Waals surface area contributed by atoms with Gasteiger partial charge in [0.2, 0.25) is 5.95 Å². The molecule has 1 aromatic heterocycles. The van der Waals surface area contributed by atoms with Gasteiger partial charge in [0, 0.05) is 30.9 Å². The van der Waals surface area contributed by atoms with E-state index in [1.165, 1.54) is 12.8 Å². The van der Waals surface area contributed by atoms with Gasteiger partial charge in [-0.2, -0.15) is 4.98 Å². The lowest BCUT2D eigenvalue weighted by Crippen LogP contribution is -2.35. The molecule has 0 saturated carbocycles. The molecule has 7 heteroatoms. The van der Waals surface area contributed by atoms with Gasteiger partial charge in [-0.3, -0.25) is 0 Å². The highest BCUT2D eigenvalue weighted by Crippen LogP contribution is 2.23. The molecule has 22 heavy (non-hydrogen) atoms. The van der Waals surface area contributed by atoms with E-state index in [1.54, 1.807) is 0 Å². The van der Waals surface area contributed by atoms with Crippen LogP contribution in [-0.2, 0) is 9.84 Å². The number of nitrogens with zero attached hydrogens (tertiary/aromatic N) is 3. The summed E-state index contributed by atoms with van der Waals surface area (Å²) in [4.78, 5) is 11.4. The molecule has 0 aromatic carbocycles. The Morgan fingerprint density at radius 1 is 1.32 bits per heavy atom. The van der Waals surface area contributed by atoms with E-state index in [0.717, 1.165) is 30.5 Å². The van der Waals surface area contributed by atoms with Crippen LogP contribution < -0.4 is 10.2 Å². The van der Waals surface area contributed by atoms with Crippen LogP contribution in [0.4, 0.5) is 11.8 Å². The second kappa shape index (κ2) is 6.02. The van der Waals surface area contributed by atoms with Crippen LogP contribution in [0, 0.1) is 12.8 Å². The number of hydrogen-bond acceptors (Lipinski definition) is 6. The van der Waals surface area contributed by atoms with Crippen molar-refractivity contribution >= 4 is 21.6 Å². The third kappa shape index (κ3) is 3.69. The minimum Gasteiger partial charge on any atom is -0.366 e. The summed E-state index contributed by atoms with van der Waals surface area (Å²) in [6.07, 6.45) is 3.08. The van der Waals surface area contributed by atoms with Crippen molar-refractivity contribution in [1.29, 1.82) is 0 Å². The molecule has 3 heterocycles. The van der Waals surface area contributed by atoms with Crippen LogP contribution in [0.5, 0.6) is 0 Å². The summed E-state index contributed by atoms with van der Waals surface area (Å²) in [6.45, 7) is 6.19. The van der Waals surface area contributed by atoms with Crippen molar-refractivity contribution in [2.75, 3.05) is 34.8 Å². The molecule has 0 radical (unpaired) electrons. The number of rotatable bonds is 3. The smallest absolute Gasteiger partial charge is 0.227 e. The van der Waals surface area contributed by atoms with E-state index in [-0.39, 0.29) is 17.5 Å². The summed E-state index contributed by atoms with van der Waals surface area (Å²) in [7, 11) is -2.88. The van der Waals surface area contributed by atoms with Gasteiger partial charge < -0.3 is 10.2 Å². The molecule has 2 unspecified atom stereocenters. The first-order valence-corrected chi connectivity index (χ1v) is 9.81. The number of aryl methyl sites for hydroxylation is 1. The Balaban J connectivity index is 1.75. The summed E-state index contributed by atoms with van der Waals surface area (Å²) < 4.78 is 23.1. The average Bonchev–Trinajstić information content (AvgIpc) is 2.77. The van der Waals surface area contributed by atoms with Crippen LogP contribution in [0.25, 0.3) is 0 Å². The first kappa shape index (κ1) is 15.5. The van der Waals surface area contributed by atoms with E-state index >= 15 is 0 Å². The van der Waals surface area contributed by atoms with Crippen molar-refractivity contribution < 1.29 is 8.42 Å². The van der Waals surface area contributed by atoms with E-state index in [0.29, 0.717) is 12.3 Å². The molecule has 3 rings (SSSR count). The van der Waals surface area contributed by atoms with Crippen molar-refractivity contribution in [3.8, 4) is 0 Å². The predicted molar refractivity (Wildman–Crippen MR) is 88.1 cm³/mol. The molecule has 6 nitrogen and oxygen atoms in total. The third-order valence-corrected chi connectivity index (χ3v) is 6.13. The van der Waals surface area contributed by atoms with Crippen LogP contribution in [0.2, 0.25) is 0 Å². The largest absolute Gasteiger partial charge is 0.366 e. The molecule has 0 bridgehead atoms. The fraction of sp³-hybridized carbons (Fsp3) is 0.733. The molecule has 0 spiro atoms. The van der Waals surface area contributed by atoms with E-state index in [4.69, 9.17) is 0 Å². The van der Waals surface area contributed by atoms with Gasteiger partial charge >= 0.3 is 0 Å². The third-order valence-electron chi connectivity index (χ3n) is 4.37. The molecule has 122 valence electrons. The zero-order valence-corrected chi connectivity index (χ0v) is 14.1. The molecular weight excluding hydrogens is 300 g/mol. The Morgan fingerprint density at radius 3 is 2.82 bits per heavy atom. The molecule has 2 atom stereocenters. The lowest BCUT2D eigenvalue weighted by Gasteiger charge is -2.31. The van der Waals surface area contributed by atoms with Crippen LogP contribution in [0.3, 0.4) is 0 Å². The van der Waals surface area contributed by atoms with E-state index in [9.17, 15) is 8.42 Å². The standard InChI is InChI=1S/C15H24N4O2S/c1-11-4-3-6-19(9-11)15-16-12(2)8-14(18-15)17-13-5-7-22(20,21)10-13/h8,11,13H,3-7,9-10H2,1-2H3,(H,16,17,18). The van der Waals surface area contributed by atoms with Crippen molar-refractivity contribution in [2.45, 2.75) is 39.2 Å². The highest BCUT2D eigenvalue weighted by molar-refractivity contribution is 7.91. The topological polar surface area (TPSA) is 75.2 Å². The number of nitrogens with one attached hydrogen (secondary N) is 1. The number of hydrogen-bond donors (Lipinski definition) is 1. The van der Waals surface area contributed by atoms with E-state index < -0.39 is 9.84 Å². The fourth-order valence-electron chi connectivity index (χ4n) is 3.26. The van der Waals surface area contributed by atoms with Gasteiger partial charge in [-0.1, -0.05) is 6.92 Å². The van der Waals surface area contributed by atoms with Crippen LogP contribution in [0.1, 0.15) is 31.9 Å². The lowest BCUT2D eigenvalue weighted by atomic mass is 10.0. The van der Waals surface area contributed by atoms with Gasteiger partial charge in [0.15, 0.2) is 9.84 Å². The number of piperidine rings is 1. The van der Waals surface area contributed by atoms with Gasteiger partial charge in [0.05, 0.1) is 11.5 Å². The van der Waals surface area contributed by atoms with Gasteiger partial charge in [0.1, 0.15) is 5.82 Å². The summed E-state index contributed by atoms with van der Waals surface area (Å²) in [6, 6.07) is 1.86. The summed E-state index contributed by atoms with van der Waals surface area (Å²) in [5.74, 6) is 2.63. The zero-order chi connectivity index (χ0) is 15.7. The maximum absolute atomic E-state index is 11.6. The summed E-state index contributed by atoms with van der Waals surface area (Å²) >= 11 is 0. The quantitative estimate of drug-likeness (QED) is 0.910. The number of sulfone groups is 1. The Morgan fingerprint density at radius 2 is 2.14 bits per heavy atom. The second-order valence-electron chi connectivity index (χ2n) is 6.63. The second-order valence-corrected chi connectivity index (χ2v) is 8.86. The Bertz CT molecular complexity index is 647. The molecule has 0 aliphatic carbocycles. The SMILES string of the molecule is Cc1cc(NC2CCS(=O)(=O)C2)nc(N2CCCC(C)C2)n1. The van der Waals surface area contributed by atoms with Gasteiger partial charge in [-0.05, 0) is 32.1 Å². The molecule has 0 amide bonds. The first-order chi connectivity index (χ1) is 10.4. The van der Waals surface area contributed by atoms with Gasteiger partial charge in [0.25, 0.3) is 0 Å². The molecular formula is C15H24N4O2S. The lowest BCUT2D eigenvalue weighted by molar-refractivity contribution is 0.442. The number of aromatic nitrogens is 2. The van der Waals surface area contributed by atoms with Crippen LogP contribution in [-0.4, -0.2) is 49.0 Å². The molecule has 1 aromatic rings. The maximum atomic E-state index is 11.6. The van der Waals surface area contributed by atoms with Gasteiger partial charge in [-0.25, -0.2) is 13.4 Å². The summed E-state index contributed by atoms with van der Waals surface area (Å²) in [5.41, 5.74) is 0.909. The molecule has 2 aliphatic heterocycles. The number of anilines is 2. The monoisotopic (exact) mass is 324 g/mol. The van der Waals surface area contributed by atoms with Crippen LogP contribution in [0.15, 0.2) is 6.07 Å². The van der Waals surface area contributed by atoms with E-state index in [1.807, 2.05) is 13.0 Å². The highest BCUT2D eigenvalue weighted by atomic mass is 32.2. The Labute approximate surface area is 132 Å². The first-order valence-electron chi connectivity index (χ1n) is 7.99. The minimum atomic E-state index is -2.88. The van der Waals surface area contributed by atoms with E-state index in [2.05, 4.69) is 27.1 Å². The van der Waals surface area contributed by atoms with Gasteiger partial charge in [-0.15, -0.1) is 0 Å². The predicted octanol–water partition coefficient (Wildman–Crippen LogP) is 1.62. The minimum absolute atomic E-state index is 0.0348. The molecule has 2 saturated heterocycles. The van der Waals surface area contributed by atoms with Crippen molar-refractivity contribution in [1.82, 2.24) is 9.97 Å². The average molecular weight is 324 g/mol.